The minimum absolute atomic E-state index is 0.208. The van der Waals surface area contributed by atoms with Crippen LogP contribution in [0.4, 0.5) is 4.79 Å². The van der Waals surface area contributed by atoms with Gasteiger partial charge in [-0.25, -0.2) is 4.79 Å². The van der Waals surface area contributed by atoms with Crippen molar-refractivity contribution in [1.29, 1.82) is 0 Å². The molecule has 3 amide bonds. The number of carbonyl (C=O) groups is 2. The molecular formula is C23H19ClN2O2. The summed E-state index contributed by atoms with van der Waals surface area (Å²) in [7, 11) is 0. The molecule has 3 aromatic carbocycles. The zero-order chi connectivity index (χ0) is 19.7. The minimum Gasteiger partial charge on any atom is -0.319 e. The monoisotopic (exact) mass is 390 g/mol. The zero-order valence-corrected chi connectivity index (χ0v) is 16.1. The number of nitrogens with zero attached hydrogens (tertiary/aromatic N) is 1. The van der Waals surface area contributed by atoms with E-state index in [0.717, 1.165) is 16.7 Å². The van der Waals surface area contributed by atoms with E-state index in [1.54, 1.807) is 31.2 Å². The molecule has 1 aliphatic rings. The number of benzene rings is 3. The fourth-order valence-corrected chi connectivity index (χ4v) is 3.83. The first-order chi connectivity index (χ1) is 13.5. The highest BCUT2D eigenvalue weighted by Crippen LogP contribution is 2.34. The molecule has 5 heteroatoms. The van der Waals surface area contributed by atoms with E-state index >= 15 is 0 Å². The number of urea groups is 1. The molecular weight excluding hydrogens is 372 g/mol. The van der Waals surface area contributed by atoms with E-state index in [1.165, 1.54) is 4.90 Å². The van der Waals surface area contributed by atoms with E-state index < -0.39 is 11.6 Å². The average molecular weight is 391 g/mol. The Bertz CT molecular complexity index is 1030. The Morgan fingerprint density at radius 2 is 1.46 bits per heavy atom. The van der Waals surface area contributed by atoms with Gasteiger partial charge in [0, 0.05) is 10.6 Å². The Hall–Kier alpha value is -3.11. The van der Waals surface area contributed by atoms with Crippen LogP contribution in [0.3, 0.4) is 0 Å². The number of rotatable bonds is 4. The molecule has 1 fully saturated rings. The lowest BCUT2D eigenvalue weighted by atomic mass is 9.92. The van der Waals surface area contributed by atoms with Crippen molar-refractivity contribution < 1.29 is 9.59 Å². The van der Waals surface area contributed by atoms with Crippen LogP contribution in [0.1, 0.15) is 18.1 Å². The van der Waals surface area contributed by atoms with Gasteiger partial charge >= 0.3 is 6.03 Å². The van der Waals surface area contributed by atoms with Crippen molar-refractivity contribution in [2.75, 3.05) is 0 Å². The third-order valence-corrected chi connectivity index (χ3v) is 5.42. The van der Waals surface area contributed by atoms with Gasteiger partial charge in [0.05, 0.1) is 6.54 Å². The summed E-state index contributed by atoms with van der Waals surface area (Å²) < 4.78 is 0. The molecule has 3 aromatic rings. The Morgan fingerprint density at radius 1 is 0.857 bits per heavy atom. The number of carbonyl (C=O) groups excluding carboxylic acids is 2. The van der Waals surface area contributed by atoms with Crippen LogP contribution in [0.5, 0.6) is 0 Å². The molecule has 1 saturated heterocycles. The fourth-order valence-electron chi connectivity index (χ4n) is 3.51. The second kappa shape index (κ2) is 7.13. The standard InChI is InChI=1S/C23H19ClN2O2/c1-23(19-9-5-6-10-20(19)24)21(27)26(22(28)25-23)15-16-11-13-18(14-12-16)17-7-3-2-4-8-17/h2-14H,15H2,1H3,(H,25,28)/t23-/m1/s1. The molecule has 0 unspecified atom stereocenters. The first-order valence-electron chi connectivity index (χ1n) is 9.02. The average Bonchev–Trinajstić information content (AvgIpc) is 2.93. The smallest absolute Gasteiger partial charge is 0.319 e. The lowest BCUT2D eigenvalue weighted by molar-refractivity contribution is -0.131. The Kier molecular flexibility index (Phi) is 4.65. The van der Waals surface area contributed by atoms with Crippen molar-refractivity contribution in [2.45, 2.75) is 19.0 Å². The summed E-state index contributed by atoms with van der Waals surface area (Å²) in [6, 6.07) is 24.6. The molecule has 1 aliphatic heterocycles. The van der Waals surface area contributed by atoms with Gasteiger partial charge in [0.15, 0.2) is 0 Å². The SMILES string of the molecule is C[C@]1(c2ccccc2Cl)NC(=O)N(Cc2ccc(-c3ccccc3)cc2)C1=O. The molecule has 1 heterocycles. The van der Waals surface area contributed by atoms with Crippen molar-refractivity contribution in [3.05, 3.63) is 95.0 Å². The van der Waals surface area contributed by atoms with Crippen LogP contribution in [0.15, 0.2) is 78.9 Å². The molecule has 0 radical (unpaired) electrons. The summed E-state index contributed by atoms with van der Waals surface area (Å²) in [6.45, 7) is 1.90. The van der Waals surface area contributed by atoms with Crippen LogP contribution in [0, 0.1) is 0 Å². The summed E-state index contributed by atoms with van der Waals surface area (Å²) in [5, 5.41) is 3.25. The van der Waals surface area contributed by atoms with Gasteiger partial charge in [-0.15, -0.1) is 0 Å². The van der Waals surface area contributed by atoms with E-state index in [0.29, 0.717) is 10.6 Å². The summed E-state index contributed by atoms with van der Waals surface area (Å²) >= 11 is 6.27. The Balaban J connectivity index is 1.56. The maximum absolute atomic E-state index is 13.1. The van der Waals surface area contributed by atoms with E-state index in [-0.39, 0.29) is 12.5 Å². The van der Waals surface area contributed by atoms with E-state index in [1.807, 2.05) is 54.6 Å². The number of imide groups is 1. The summed E-state index contributed by atoms with van der Waals surface area (Å²) in [5.41, 5.74) is 2.51. The normalized spacial score (nSPS) is 19.0. The van der Waals surface area contributed by atoms with Crippen LogP contribution in [0.25, 0.3) is 11.1 Å². The second-order valence-electron chi connectivity index (χ2n) is 6.99. The molecule has 0 aromatic heterocycles. The number of halogens is 1. The summed E-state index contributed by atoms with van der Waals surface area (Å²) in [6.07, 6.45) is 0. The highest BCUT2D eigenvalue weighted by Gasteiger charge is 2.49. The third kappa shape index (κ3) is 3.16. The molecule has 0 aliphatic carbocycles. The highest BCUT2D eigenvalue weighted by molar-refractivity contribution is 6.32. The molecule has 0 saturated carbocycles. The highest BCUT2D eigenvalue weighted by atomic mass is 35.5. The van der Waals surface area contributed by atoms with Gasteiger partial charge in [0.2, 0.25) is 0 Å². The first-order valence-corrected chi connectivity index (χ1v) is 9.40. The van der Waals surface area contributed by atoms with Gasteiger partial charge in [-0.05, 0) is 29.7 Å². The number of hydrogen-bond acceptors (Lipinski definition) is 2. The Labute approximate surface area is 168 Å². The van der Waals surface area contributed by atoms with Crippen molar-refractivity contribution in [2.24, 2.45) is 0 Å². The largest absolute Gasteiger partial charge is 0.325 e. The van der Waals surface area contributed by atoms with Crippen LogP contribution in [0.2, 0.25) is 5.02 Å². The quantitative estimate of drug-likeness (QED) is 0.639. The fraction of sp³-hybridized carbons (Fsp3) is 0.130. The van der Waals surface area contributed by atoms with E-state index in [9.17, 15) is 9.59 Å². The van der Waals surface area contributed by atoms with Crippen molar-refractivity contribution in [3.8, 4) is 11.1 Å². The van der Waals surface area contributed by atoms with Crippen LogP contribution < -0.4 is 5.32 Å². The lowest BCUT2D eigenvalue weighted by Gasteiger charge is -2.23. The third-order valence-electron chi connectivity index (χ3n) is 5.09. The molecule has 140 valence electrons. The predicted octanol–water partition coefficient (Wildman–Crippen LogP) is 4.97. The molecule has 1 atom stereocenters. The van der Waals surface area contributed by atoms with Crippen LogP contribution in [-0.4, -0.2) is 16.8 Å². The van der Waals surface area contributed by atoms with Gasteiger partial charge in [0.25, 0.3) is 5.91 Å². The molecule has 28 heavy (non-hydrogen) atoms. The van der Waals surface area contributed by atoms with Crippen molar-refractivity contribution in [1.82, 2.24) is 10.2 Å². The first kappa shape index (κ1) is 18.3. The van der Waals surface area contributed by atoms with Gasteiger partial charge in [-0.2, -0.15) is 0 Å². The maximum atomic E-state index is 13.1. The molecule has 4 rings (SSSR count). The maximum Gasteiger partial charge on any atom is 0.325 e. The molecule has 4 nitrogen and oxygen atoms in total. The van der Waals surface area contributed by atoms with E-state index in [2.05, 4.69) is 5.32 Å². The molecule has 1 N–H and O–H groups in total. The van der Waals surface area contributed by atoms with E-state index in [4.69, 9.17) is 11.6 Å². The molecule has 0 bridgehead atoms. The zero-order valence-electron chi connectivity index (χ0n) is 15.4. The summed E-state index contributed by atoms with van der Waals surface area (Å²) in [5.74, 6) is -0.308. The number of amides is 3. The predicted molar refractivity (Wildman–Crippen MR) is 110 cm³/mol. The van der Waals surface area contributed by atoms with Crippen LogP contribution in [-0.2, 0) is 16.9 Å². The summed E-state index contributed by atoms with van der Waals surface area (Å²) in [4.78, 5) is 26.8. The van der Waals surface area contributed by atoms with Gasteiger partial charge in [0.1, 0.15) is 5.54 Å². The molecule has 0 spiro atoms. The number of nitrogens with one attached hydrogen (secondary N) is 1. The van der Waals surface area contributed by atoms with Gasteiger partial charge < -0.3 is 5.32 Å². The van der Waals surface area contributed by atoms with Crippen molar-refractivity contribution in [3.63, 3.8) is 0 Å². The van der Waals surface area contributed by atoms with Gasteiger partial charge in [-0.1, -0.05) is 84.4 Å². The second-order valence-corrected chi connectivity index (χ2v) is 7.40. The minimum atomic E-state index is -1.17. The van der Waals surface area contributed by atoms with Gasteiger partial charge in [-0.3, -0.25) is 9.69 Å². The Morgan fingerprint density at radius 3 is 2.14 bits per heavy atom. The number of hydrogen-bond donors (Lipinski definition) is 1. The van der Waals surface area contributed by atoms with Crippen LogP contribution >= 0.6 is 11.6 Å². The van der Waals surface area contributed by atoms with Crippen molar-refractivity contribution >= 4 is 23.5 Å². The topological polar surface area (TPSA) is 49.4 Å². The lowest BCUT2D eigenvalue weighted by Crippen LogP contribution is -2.41.